The smallest absolute Gasteiger partial charge is 0.243 e. The maximum absolute atomic E-state index is 13.3. The molecule has 1 unspecified atom stereocenters. The van der Waals surface area contributed by atoms with Gasteiger partial charge in [0.15, 0.2) is 0 Å². The zero-order valence-corrected chi connectivity index (χ0v) is 20.3. The van der Waals surface area contributed by atoms with E-state index in [2.05, 4.69) is 5.32 Å². The lowest BCUT2D eigenvalue weighted by molar-refractivity contribution is -0.141. The van der Waals surface area contributed by atoms with Gasteiger partial charge in [-0.05, 0) is 61.3 Å². The summed E-state index contributed by atoms with van der Waals surface area (Å²) in [5, 5.41) is 3.92. The summed E-state index contributed by atoms with van der Waals surface area (Å²) in [5.74, 6) is 0.871. The van der Waals surface area contributed by atoms with Crippen LogP contribution < -0.4 is 5.32 Å². The Hall–Kier alpha value is -1.98. The zero-order valence-electron chi connectivity index (χ0n) is 18.8. The molecule has 3 rings (SSSR count). The molecular formula is C26H33ClN2O2S. The van der Waals surface area contributed by atoms with E-state index in [0.29, 0.717) is 19.4 Å². The molecule has 2 amide bonds. The van der Waals surface area contributed by atoms with Crippen LogP contribution in [0.4, 0.5) is 0 Å². The summed E-state index contributed by atoms with van der Waals surface area (Å²) in [6.45, 7) is 2.45. The van der Waals surface area contributed by atoms with Gasteiger partial charge in [-0.3, -0.25) is 9.59 Å². The van der Waals surface area contributed by atoms with Crippen LogP contribution in [-0.4, -0.2) is 34.6 Å². The molecule has 0 spiro atoms. The third-order valence-electron chi connectivity index (χ3n) is 5.90. The molecule has 0 aromatic heterocycles. The van der Waals surface area contributed by atoms with Gasteiger partial charge in [0.2, 0.25) is 11.8 Å². The molecule has 0 heterocycles. The van der Waals surface area contributed by atoms with Crippen LogP contribution in [-0.2, 0) is 16.1 Å². The summed E-state index contributed by atoms with van der Waals surface area (Å²) in [5.41, 5.74) is 1.04. The van der Waals surface area contributed by atoms with Gasteiger partial charge in [0, 0.05) is 28.9 Å². The van der Waals surface area contributed by atoms with E-state index in [-0.39, 0.29) is 17.9 Å². The minimum Gasteiger partial charge on any atom is -0.352 e. The third kappa shape index (κ3) is 7.56. The standard InChI is InChI=1S/C26H33ClN2O2S/c1-2-24(26(31)28-22-11-6-7-12-22)29(19-20-9-4-3-5-10-20)25(30)13-8-18-32-23-16-14-21(27)15-17-23/h3-5,9-10,14-17,22,24H,2,6-8,11-13,18-19H2,1H3,(H,28,31). The maximum atomic E-state index is 13.3. The van der Waals surface area contributed by atoms with Gasteiger partial charge in [-0.15, -0.1) is 11.8 Å². The molecule has 1 atom stereocenters. The molecule has 1 N–H and O–H groups in total. The van der Waals surface area contributed by atoms with Crippen molar-refractivity contribution in [3.05, 3.63) is 65.2 Å². The van der Waals surface area contributed by atoms with Crippen LogP contribution in [0.1, 0.15) is 57.4 Å². The van der Waals surface area contributed by atoms with Gasteiger partial charge in [-0.1, -0.05) is 61.7 Å². The molecular weight excluding hydrogens is 440 g/mol. The lowest BCUT2D eigenvalue weighted by atomic mass is 10.1. The Balaban J connectivity index is 1.61. The topological polar surface area (TPSA) is 49.4 Å². The highest BCUT2D eigenvalue weighted by atomic mass is 35.5. The van der Waals surface area contributed by atoms with E-state index in [4.69, 9.17) is 11.6 Å². The van der Waals surface area contributed by atoms with Crippen molar-refractivity contribution in [3.63, 3.8) is 0 Å². The molecule has 2 aromatic carbocycles. The van der Waals surface area contributed by atoms with Crippen molar-refractivity contribution < 1.29 is 9.59 Å². The third-order valence-corrected chi connectivity index (χ3v) is 7.25. The molecule has 0 saturated heterocycles. The average Bonchev–Trinajstić information content (AvgIpc) is 3.31. The van der Waals surface area contributed by atoms with Gasteiger partial charge >= 0.3 is 0 Å². The Morgan fingerprint density at radius 1 is 1.09 bits per heavy atom. The van der Waals surface area contributed by atoms with Crippen LogP contribution >= 0.6 is 23.4 Å². The quantitative estimate of drug-likeness (QED) is 0.318. The van der Waals surface area contributed by atoms with Gasteiger partial charge in [-0.2, -0.15) is 0 Å². The Morgan fingerprint density at radius 2 is 1.78 bits per heavy atom. The molecule has 1 aliphatic rings. The van der Waals surface area contributed by atoms with E-state index in [0.717, 1.165) is 40.5 Å². The van der Waals surface area contributed by atoms with Crippen LogP contribution in [0.3, 0.4) is 0 Å². The van der Waals surface area contributed by atoms with Crippen molar-refractivity contribution in [2.45, 2.75) is 75.4 Å². The largest absolute Gasteiger partial charge is 0.352 e. The predicted octanol–water partition coefficient (Wildman–Crippen LogP) is 6.08. The predicted molar refractivity (Wildman–Crippen MR) is 133 cm³/mol. The number of nitrogens with zero attached hydrogens (tertiary/aromatic N) is 1. The average molecular weight is 473 g/mol. The number of amides is 2. The molecule has 1 aliphatic carbocycles. The molecule has 4 nitrogen and oxygen atoms in total. The number of benzene rings is 2. The summed E-state index contributed by atoms with van der Waals surface area (Å²) >= 11 is 7.67. The summed E-state index contributed by atoms with van der Waals surface area (Å²) < 4.78 is 0. The van der Waals surface area contributed by atoms with Crippen molar-refractivity contribution in [1.82, 2.24) is 10.2 Å². The minimum atomic E-state index is -0.438. The summed E-state index contributed by atoms with van der Waals surface area (Å²) in [6.07, 6.45) is 6.21. The Bertz CT molecular complexity index is 854. The summed E-state index contributed by atoms with van der Waals surface area (Å²) in [6, 6.07) is 17.5. The second kappa shape index (κ2) is 12.9. The van der Waals surface area contributed by atoms with E-state index >= 15 is 0 Å². The number of hydrogen-bond acceptors (Lipinski definition) is 3. The number of nitrogens with one attached hydrogen (secondary N) is 1. The SMILES string of the molecule is CCC(C(=O)NC1CCCC1)N(Cc1ccccc1)C(=O)CCCSc1ccc(Cl)cc1. The van der Waals surface area contributed by atoms with E-state index < -0.39 is 6.04 Å². The van der Waals surface area contributed by atoms with E-state index in [1.807, 2.05) is 61.5 Å². The van der Waals surface area contributed by atoms with E-state index in [1.165, 1.54) is 12.8 Å². The summed E-state index contributed by atoms with van der Waals surface area (Å²) in [4.78, 5) is 29.3. The fourth-order valence-corrected chi connectivity index (χ4v) is 5.13. The van der Waals surface area contributed by atoms with Crippen LogP contribution in [0, 0.1) is 0 Å². The summed E-state index contributed by atoms with van der Waals surface area (Å²) in [7, 11) is 0. The van der Waals surface area contributed by atoms with Crippen LogP contribution in [0.2, 0.25) is 5.02 Å². The Morgan fingerprint density at radius 3 is 2.44 bits per heavy atom. The molecule has 0 radical (unpaired) electrons. The monoisotopic (exact) mass is 472 g/mol. The first-order valence-electron chi connectivity index (χ1n) is 11.6. The Labute approximate surface area is 201 Å². The highest BCUT2D eigenvalue weighted by Crippen LogP contribution is 2.23. The van der Waals surface area contributed by atoms with Crippen LogP contribution in [0.25, 0.3) is 0 Å². The molecule has 0 aliphatic heterocycles. The van der Waals surface area contributed by atoms with Crippen LogP contribution in [0.5, 0.6) is 0 Å². The maximum Gasteiger partial charge on any atom is 0.243 e. The second-order valence-corrected chi connectivity index (χ2v) is 9.93. The van der Waals surface area contributed by atoms with Gasteiger partial charge < -0.3 is 10.2 Å². The zero-order chi connectivity index (χ0) is 22.8. The Kier molecular flexibility index (Phi) is 9.94. The molecule has 1 fully saturated rings. The lowest BCUT2D eigenvalue weighted by Gasteiger charge is -2.31. The van der Waals surface area contributed by atoms with E-state index in [1.54, 1.807) is 16.7 Å². The van der Waals surface area contributed by atoms with Gasteiger partial charge in [-0.25, -0.2) is 0 Å². The van der Waals surface area contributed by atoms with Crippen molar-refractivity contribution in [3.8, 4) is 0 Å². The lowest BCUT2D eigenvalue weighted by Crippen LogP contribution is -2.50. The van der Waals surface area contributed by atoms with E-state index in [9.17, 15) is 9.59 Å². The number of rotatable bonds is 11. The van der Waals surface area contributed by atoms with Crippen molar-refractivity contribution >= 4 is 35.2 Å². The van der Waals surface area contributed by atoms with Gasteiger partial charge in [0.1, 0.15) is 6.04 Å². The molecule has 0 bridgehead atoms. The second-order valence-electron chi connectivity index (χ2n) is 8.33. The molecule has 1 saturated carbocycles. The first-order chi connectivity index (χ1) is 15.6. The number of halogens is 1. The minimum absolute atomic E-state index is 0.0146. The van der Waals surface area contributed by atoms with Gasteiger partial charge in [0.05, 0.1) is 0 Å². The fourth-order valence-electron chi connectivity index (χ4n) is 4.15. The normalized spacial score (nSPS) is 14.8. The number of carbonyl (C=O) groups is 2. The molecule has 6 heteroatoms. The van der Waals surface area contributed by atoms with Crippen molar-refractivity contribution in [2.24, 2.45) is 0 Å². The number of carbonyl (C=O) groups excluding carboxylic acids is 2. The molecule has 32 heavy (non-hydrogen) atoms. The fraction of sp³-hybridized carbons (Fsp3) is 0.462. The van der Waals surface area contributed by atoms with Crippen molar-refractivity contribution in [2.75, 3.05) is 5.75 Å². The number of thioether (sulfide) groups is 1. The van der Waals surface area contributed by atoms with Crippen LogP contribution in [0.15, 0.2) is 59.5 Å². The van der Waals surface area contributed by atoms with Crippen molar-refractivity contribution in [1.29, 1.82) is 0 Å². The number of hydrogen-bond donors (Lipinski definition) is 1. The highest BCUT2D eigenvalue weighted by molar-refractivity contribution is 7.99. The molecule has 2 aromatic rings. The highest BCUT2D eigenvalue weighted by Gasteiger charge is 2.30. The first-order valence-corrected chi connectivity index (χ1v) is 12.9. The van der Waals surface area contributed by atoms with Gasteiger partial charge in [0.25, 0.3) is 0 Å². The first kappa shape index (κ1) is 24.7. The molecule has 172 valence electrons.